The van der Waals surface area contributed by atoms with Crippen LogP contribution in [-0.2, 0) is 4.79 Å². The van der Waals surface area contributed by atoms with Crippen molar-refractivity contribution in [3.63, 3.8) is 0 Å². The number of nitrogens with one attached hydrogen (secondary N) is 1. The molecule has 0 aromatic carbocycles. The minimum Gasteiger partial charge on any atom is -0.349 e. The van der Waals surface area contributed by atoms with Crippen molar-refractivity contribution in [2.24, 2.45) is 0 Å². The molecule has 1 unspecified atom stereocenters. The van der Waals surface area contributed by atoms with E-state index in [1.807, 2.05) is 0 Å². The number of nitrogens with zero attached hydrogens (tertiary/aromatic N) is 1. The zero-order valence-electron chi connectivity index (χ0n) is 8.42. The molecule has 1 atom stereocenters. The lowest BCUT2D eigenvalue weighted by molar-refractivity contribution is -0.117. The molecule has 1 N–H and O–H groups in total. The van der Waals surface area contributed by atoms with Crippen LogP contribution in [0.3, 0.4) is 0 Å². The highest BCUT2D eigenvalue weighted by Gasteiger charge is 2.24. The first-order chi connectivity index (χ1) is 6.13. The number of amides is 1. The largest absolute Gasteiger partial charge is 0.349 e. The van der Waals surface area contributed by atoms with E-state index < -0.39 is 0 Å². The van der Waals surface area contributed by atoms with Crippen LogP contribution < -0.4 is 5.32 Å². The van der Waals surface area contributed by atoms with Crippen molar-refractivity contribution in [3.8, 4) is 0 Å². The third-order valence-corrected chi connectivity index (χ3v) is 2.48. The van der Waals surface area contributed by atoms with Gasteiger partial charge in [0.05, 0.1) is 0 Å². The fourth-order valence-corrected chi connectivity index (χ4v) is 1.63. The summed E-state index contributed by atoms with van der Waals surface area (Å²) in [5.74, 6) is -0.0596. The normalized spacial score (nSPS) is 23.5. The van der Waals surface area contributed by atoms with Crippen LogP contribution in [0.5, 0.6) is 0 Å². The minimum absolute atomic E-state index is 0.0596. The van der Waals surface area contributed by atoms with Crippen LogP contribution in [0.4, 0.5) is 0 Å². The predicted molar refractivity (Wildman–Crippen MR) is 53.5 cm³/mol. The number of likely N-dealkylation sites (tertiary alicyclic amines) is 1. The van der Waals surface area contributed by atoms with Crippen molar-refractivity contribution in [1.29, 1.82) is 0 Å². The van der Waals surface area contributed by atoms with Gasteiger partial charge in [-0.2, -0.15) is 0 Å². The lowest BCUT2D eigenvalue weighted by Gasteiger charge is -2.20. The molecule has 1 amide bonds. The summed E-state index contributed by atoms with van der Waals surface area (Å²) >= 11 is 0. The fourth-order valence-electron chi connectivity index (χ4n) is 1.63. The van der Waals surface area contributed by atoms with Crippen molar-refractivity contribution in [1.82, 2.24) is 10.2 Å². The molecule has 1 rings (SSSR count). The molecule has 1 aliphatic heterocycles. The molecule has 0 aromatic rings. The first-order valence-corrected chi connectivity index (χ1v) is 4.80. The van der Waals surface area contributed by atoms with Gasteiger partial charge < -0.3 is 5.32 Å². The van der Waals surface area contributed by atoms with Gasteiger partial charge in [0.2, 0.25) is 5.91 Å². The lowest BCUT2D eigenvalue weighted by atomic mass is 10.2. The van der Waals surface area contributed by atoms with Crippen LogP contribution in [0.1, 0.15) is 20.3 Å². The Hall–Kier alpha value is -0.830. The smallest absolute Gasteiger partial charge is 0.243 e. The Bertz CT molecular complexity index is 201. The maximum Gasteiger partial charge on any atom is 0.243 e. The summed E-state index contributed by atoms with van der Waals surface area (Å²) in [6.45, 7) is 9.84. The number of hydrogen-bond donors (Lipinski definition) is 1. The molecular formula is C10H18N2O. The molecule has 1 aliphatic rings. The zero-order valence-corrected chi connectivity index (χ0v) is 8.42. The average Bonchev–Trinajstić information content (AvgIpc) is 2.52. The van der Waals surface area contributed by atoms with E-state index in [0.29, 0.717) is 12.1 Å². The Morgan fingerprint density at radius 2 is 2.38 bits per heavy atom. The van der Waals surface area contributed by atoms with Crippen LogP contribution in [-0.4, -0.2) is 36.0 Å². The molecule has 74 valence electrons. The maximum atomic E-state index is 11.0. The molecule has 1 heterocycles. The van der Waals surface area contributed by atoms with Crippen LogP contribution in [0.15, 0.2) is 12.7 Å². The highest BCUT2D eigenvalue weighted by molar-refractivity contribution is 5.87. The molecule has 0 radical (unpaired) electrons. The van der Waals surface area contributed by atoms with Crippen LogP contribution in [0.25, 0.3) is 0 Å². The zero-order chi connectivity index (χ0) is 9.84. The van der Waals surface area contributed by atoms with Gasteiger partial charge in [-0.25, -0.2) is 0 Å². The van der Waals surface area contributed by atoms with Crippen molar-refractivity contribution in [2.75, 3.05) is 13.1 Å². The highest BCUT2D eigenvalue weighted by Crippen LogP contribution is 2.11. The molecule has 0 bridgehead atoms. The van der Waals surface area contributed by atoms with Crippen LogP contribution in [0, 0.1) is 0 Å². The van der Waals surface area contributed by atoms with Crippen molar-refractivity contribution < 1.29 is 4.79 Å². The topological polar surface area (TPSA) is 32.3 Å². The van der Waals surface area contributed by atoms with Gasteiger partial charge in [0.25, 0.3) is 0 Å². The summed E-state index contributed by atoms with van der Waals surface area (Å²) in [6.07, 6.45) is 2.38. The second-order valence-electron chi connectivity index (χ2n) is 3.79. The van der Waals surface area contributed by atoms with E-state index >= 15 is 0 Å². The molecule has 3 nitrogen and oxygen atoms in total. The standard InChI is InChI=1S/C10H18N2O/c1-4-10(13)11-9-5-6-12(7-9)8(2)3/h4,8-9H,1,5-7H2,2-3H3,(H,11,13). The Labute approximate surface area is 79.8 Å². The first-order valence-electron chi connectivity index (χ1n) is 4.80. The van der Waals surface area contributed by atoms with Gasteiger partial charge in [-0.15, -0.1) is 0 Å². The number of hydrogen-bond acceptors (Lipinski definition) is 2. The molecule has 0 aromatic heterocycles. The molecule has 0 saturated carbocycles. The first kappa shape index (κ1) is 10.3. The Morgan fingerprint density at radius 1 is 1.69 bits per heavy atom. The molecule has 3 heteroatoms. The van der Waals surface area contributed by atoms with Crippen molar-refractivity contribution in [2.45, 2.75) is 32.4 Å². The second kappa shape index (κ2) is 4.42. The third kappa shape index (κ3) is 2.84. The Morgan fingerprint density at radius 3 is 2.85 bits per heavy atom. The van der Waals surface area contributed by atoms with E-state index in [1.54, 1.807) is 0 Å². The maximum absolute atomic E-state index is 11.0. The van der Waals surface area contributed by atoms with Gasteiger partial charge >= 0.3 is 0 Å². The summed E-state index contributed by atoms with van der Waals surface area (Å²) < 4.78 is 0. The van der Waals surface area contributed by atoms with Crippen LogP contribution >= 0.6 is 0 Å². The summed E-state index contributed by atoms with van der Waals surface area (Å²) in [7, 11) is 0. The Balaban J connectivity index is 2.33. The van der Waals surface area contributed by atoms with Gasteiger partial charge in [-0.05, 0) is 26.3 Å². The SMILES string of the molecule is C=CC(=O)NC1CCN(C(C)C)C1. The third-order valence-electron chi connectivity index (χ3n) is 2.48. The van der Waals surface area contributed by atoms with Gasteiger partial charge in [0.1, 0.15) is 0 Å². The van der Waals surface area contributed by atoms with E-state index in [2.05, 4.69) is 30.6 Å². The molecule has 0 aliphatic carbocycles. The number of carbonyl (C=O) groups is 1. The van der Waals surface area contributed by atoms with Gasteiger partial charge in [-0.3, -0.25) is 9.69 Å². The monoisotopic (exact) mass is 182 g/mol. The predicted octanol–water partition coefficient (Wildman–Crippen LogP) is 0.771. The Kier molecular flexibility index (Phi) is 3.48. The summed E-state index contributed by atoms with van der Waals surface area (Å²) in [5.41, 5.74) is 0. The quantitative estimate of drug-likeness (QED) is 0.654. The van der Waals surface area contributed by atoms with Crippen molar-refractivity contribution >= 4 is 5.91 Å². The molecule has 1 fully saturated rings. The van der Waals surface area contributed by atoms with E-state index in [-0.39, 0.29) is 5.91 Å². The van der Waals surface area contributed by atoms with Gasteiger partial charge in [-0.1, -0.05) is 6.58 Å². The molecular weight excluding hydrogens is 164 g/mol. The molecule has 1 saturated heterocycles. The number of rotatable bonds is 3. The molecule has 0 spiro atoms. The molecule has 13 heavy (non-hydrogen) atoms. The summed E-state index contributed by atoms with van der Waals surface area (Å²) in [5, 5.41) is 2.91. The summed E-state index contributed by atoms with van der Waals surface area (Å²) in [4.78, 5) is 13.4. The highest BCUT2D eigenvalue weighted by atomic mass is 16.1. The van der Waals surface area contributed by atoms with E-state index in [4.69, 9.17) is 0 Å². The van der Waals surface area contributed by atoms with Gasteiger partial charge in [0, 0.05) is 25.2 Å². The van der Waals surface area contributed by atoms with E-state index in [0.717, 1.165) is 19.5 Å². The summed E-state index contributed by atoms with van der Waals surface area (Å²) in [6, 6.07) is 0.888. The van der Waals surface area contributed by atoms with Gasteiger partial charge in [0.15, 0.2) is 0 Å². The fraction of sp³-hybridized carbons (Fsp3) is 0.700. The lowest BCUT2D eigenvalue weighted by Crippen LogP contribution is -2.37. The van der Waals surface area contributed by atoms with Crippen molar-refractivity contribution in [3.05, 3.63) is 12.7 Å². The average molecular weight is 182 g/mol. The van der Waals surface area contributed by atoms with E-state index in [1.165, 1.54) is 6.08 Å². The number of carbonyl (C=O) groups excluding carboxylic acids is 1. The van der Waals surface area contributed by atoms with Crippen LogP contribution in [0.2, 0.25) is 0 Å². The second-order valence-corrected chi connectivity index (χ2v) is 3.79. The minimum atomic E-state index is -0.0596. The van der Waals surface area contributed by atoms with E-state index in [9.17, 15) is 4.79 Å².